The number of nitro benzene ring substituents is 1. The summed E-state index contributed by atoms with van der Waals surface area (Å²) >= 11 is 0. The van der Waals surface area contributed by atoms with Gasteiger partial charge in [-0.25, -0.2) is 0 Å². The van der Waals surface area contributed by atoms with Crippen molar-refractivity contribution in [1.29, 1.82) is 0 Å². The number of hydrogen-bond acceptors (Lipinski definition) is 4. The molecule has 0 atom stereocenters. The second kappa shape index (κ2) is 5.31. The van der Waals surface area contributed by atoms with Gasteiger partial charge in [0.2, 0.25) is 0 Å². The number of nitrogens with one attached hydrogen (secondary N) is 1. The zero-order chi connectivity index (χ0) is 11.3. The molecule has 0 amide bonds. The van der Waals surface area contributed by atoms with Crippen LogP contribution in [0.3, 0.4) is 0 Å². The standard InChI is InChI=1S/C10H15N3O2/c1-8-3-4-9(12-6-2-5-11)10(7-8)13(14)15/h3-4,7,12H,2,5-6,11H2,1H3. The zero-order valence-electron chi connectivity index (χ0n) is 8.69. The van der Waals surface area contributed by atoms with Gasteiger partial charge < -0.3 is 11.1 Å². The van der Waals surface area contributed by atoms with Gasteiger partial charge in [-0.15, -0.1) is 0 Å². The number of benzene rings is 1. The van der Waals surface area contributed by atoms with Gasteiger partial charge in [-0.05, 0) is 31.5 Å². The molecule has 0 fully saturated rings. The number of hydrogen-bond donors (Lipinski definition) is 2. The van der Waals surface area contributed by atoms with Gasteiger partial charge in [0.05, 0.1) is 4.92 Å². The molecule has 0 heterocycles. The second-order valence-electron chi connectivity index (χ2n) is 3.35. The molecule has 1 aromatic carbocycles. The first-order valence-electron chi connectivity index (χ1n) is 4.84. The van der Waals surface area contributed by atoms with E-state index in [1.807, 2.05) is 13.0 Å². The molecule has 3 N–H and O–H groups in total. The van der Waals surface area contributed by atoms with Crippen LogP contribution in [0.1, 0.15) is 12.0 Å². The second-order valence-corrected chi connectivity index (χ2v) is 3.35. The Labute approximate surface area is 88.4 Å². The molecule has 82 valence electrons. The Kier molecular flexibility index (Phi) is 4.05. The summed E-state index contributed by atoms with van der Waals surface area (Å²) in [5, 5.41) is 13.7. The predicted molar refractivity (Wildman–Crippen MR) is 60.0 cm³/mol. The van der Waals surface area contributed by atoms with Crippen molar-refractivity contribution in [3.63, 3.8) is 0 Å². The Bertz CT molecular complexity index is 353. The van der Waals surface area contributed by atoms with Crippen molar-refractivity contribution in [2.45, 2.75) is 13.3 Å². The molecule has 1 aromatic rings. The van der Waals surface area contributed by atoms with Crippen molar-refractivity contribution < 1.29 is 4.92 Å². The fraction of sp³-hybridized carbons (Fsp3) is 0.400. The summed E-state index contributed by atoms with van der Waals surface area (Å²) in [7, 11) is 0. The molecule has 0 aliphatic heterocycles. The van der Waals surface area contributed by atoms with E-state index in [4.69, 9.17) is 5.73 Å². The smallest absolute Gasteiger partial charge is 0.292 e. The highest BCUT2D eigenvalue weighted by molar-refractivity contribution is 5.62. The van der Waals surface area contributed by atoms with E-state index in [0.717, 1.165) is 12.0 Å². The molecule has 1 rings (SSSR count). The van der Waals surface area contributed by atoms with Crippen LogP contribution in [0.2, 0.25) is 0 Å². The maximum Gasteiger partial charge on any atom is 0.292 e. The minimum Gasteiger partial charge on any atom is -0.379 e. The van der Waals surface area contributed by atoms with Crippen molar-refractivity contribution >= 4 is 11.4 Å². The molecule has 0 spiro atoms. The van der Waals surface area contributed by atoms with Crippen LogP contribution in [0.4, 0.5) is 11.4 Å². The Morgan fingerprint density at radius 1 is 1.53 bits per heavy atom. The molecule has 0 aliphatic carbocycles. The third kappa shape index (κ3) is 3.21. The van der Waals surface area contributed by atoms with E-state index in [2.05, 4.69) is 5.32 Å². The lowest BCUT2D eigenvalue weighted by Gasteiger charge is -2.06. The topological polar surface area (TPSA) is 81.2 Å². The van der Waals surface area contributed by atoms with Crippen LogP contribution in [-0.2, 0) is 0 Å². The molecule has 0 saturated carbocycles. The lowest BCUT2D eigenvalue weighted by atomic mass is 10.2. The highest BCUT2D eigenvalue weighted by Crippen LogP contribution is 2.24. The maximum atomic E-state index is 10.7. The number of nitrogens with two attached hydrogens (primary N) is 1. The Balaban J connectivity index is 2.81. The van der Waals surface area contributed by atoms with Gasteiger partial charge in [-0.3, -0.25) is 10.1 Å². The first-order chi connectivity index (χ1) is 7.15. The van der Waals surface area contributed by atoms with E-state index < -0.39 is 0 Å². The van der Waals surface area contributed by atoms with Gasteiger partial charge in [-0.1, -0.05) is 6.07 Å². The van der Waals surface area contributed by atoms with Gasteiger partial charge in [0, 0.05) is 12.6 Å². The number of nitro groups is 1. The predicted octanol–water partition coefficient (Wildman–Crippen LogP) is 1.66. The summed E-state index contributed by atoms with van der Waals surface area (Å²) < 4.78 is 0. The first-order valence-corrected chi connectivity index (χ1v) is 4.84. The van der Waals surface area contributed by atoms with E-state index in [9.17, 15) is 10.1 Å². The van der Waals surface area contributed by atoms with Crippen molar-refractivity contribution in [2.24, 2.45) is 5.73 Å². The van der Waals surface area contributed by atoms with E-state index in [1.165, 1.54) is 0 Å². The van der Waals surface area contributed by atoms with Gasteiger partial charge in [0.1, 0.15) is 5.69 Å². The monoisotopic (exact) mass is 209 g/mol. The lowest BCUT2D eigenvalue weighted by molar-refractivity contribution is -0.384. The molecular formula is C10H15N3O2. The molecule has 0 radical (unpaired) electrons. The summed E-state index contributed by atoms with van der Waals surface area (Å²) in [5.41, 5.74) is 6.89. The highest BCUT2D eigenvalue weighted by atomic mass is 16.6. The van der Waals surface area contributed by atoms with Gasteiger partial charge >= 0.3 is 0 Å². The largest absolute Gasteiger partial charge is 0.379 e. The van der Waals surface area contributed by atoms with Crippen LogP contribution < -0.4 is 11.1 Å². The van der Waals surface area contributed by atoms with Crippen LogP contribution >= 0.6 is 0 Å². The highest BCUT2D eigenvalue weighted by Gasteiger charge is 2.12. The third-order valence-electron chi connectivity index (χ3n) is 2.05. The SMILES string of the molecule is Cc1ccc(NCCCN)c([N+](=O)[O-])c1. The van der Waals surface area contributed by atoms with Crippen LogP contribution in [-0.4, -0.2) is 18.0 Å². The fourth-order valence-electron chi connectivity index (χ4n) is 1.27. The minimum absolute atomic E-state index is 0.118. The van der Waals surface area contributed by atoms with E-state index in [-0.39, 0.29) is 10.6 Å². The zero-order valence-corrected chi connectivity index (χ0v) is 8.69. The summed E-state index contributed by atoms with van der Waals surface area (Å²) in [5.74, 6) is 0. The average Bonchev–Trinajstić information content (AvgIpc) is 2.20. The molecule has 0 bridgehead atoms. The van der Waals surface area contributed by atoms with Crippen LogP contribution in [0.15, 0.2) is 18.2 Å². The average molecular weight is 209 g/mol. The van der Waals surface area contributed by atoms with Crippen LogP contribution in [0, 0.1) is 17.0 Å². The van der Waals surface area contributed by atoms with Gasteiger partial charge in [0.15, 0.2) is 0 Å². The molecule has 5 nitrogen and oxygen atoms in total. The van der Waals surface area contributed by atoms with Gasteiger partial charge in [-0.2, -0.15) is 0 Å². The Morgan fingerprint density at radius 2 is 2.27 bits per heavy atom. The molecule has 5 heteroatoms. The van der Waals surface area contributed by atoms with Crippen LogP contribution in [0.25, 0.3) is 0 Å². The third-order valence-corrected chi connectivity index (χ3v) is 2.05. The quantitative estimate of drug-likeness (QED) is 0.439. The number of anilines is 1. The Hall–Kier alpha value is -1.62. The lowest BCUT2D eigenvalue weighted by Crippen LogP contribution is -2.09. The summed E-state index contributed by atoms with van der Waals surface area (Å²) in [6.45, 7) is 3.06. The van der Waals surface area contributed by atoms with E-state index in [0.29, 0.717) is 18.8 Å². The van der Waals surface area contributed by atoms with Crippen molar-refractivity contribution in [2.75, 3.05) is 18.4 Å². The summed E-state index contributed by atoms with van der Waals surface area (Å²) in [6, 6.07) is 5.13. The van der Waals surface area contributed by atoms with Crippen molar-refractivity contribution in [3.05, 3.63) is 33.9 Å². The van der Waals surface area contributed by atoms with E-state index in [1.54, 1.807) is 12.1 Å². The van der Waals surface area contributed by atoms with Crippen molar-refractivity contribution in [3.8, 4) is 0 Å². The number of nitrogens with zero attached hydrogens (tertiary/aromatic N) is 1. The van der Waals surface area contributed by atoms with Gasteiger partial charge in [0.25, 0.3) is 5.69 Å². The number of aryl methyl sites for hydroxylation is 1. The molecule has 0 aliphatic rings. The Morgan fingerprint density at radius 3 is 2.87 bits per heavy atom. The molecule has 0 unspecified atom stereocenters. The summed E-state index contributed by atoms with van der Waals surface area (Å²) in [6.07, 6.45) is 0.797. The number of rotatable bonds is 5. The summed E-state index contributed by atoms with van der Waals surface area (Å²) in [4.78, 5) is 10.4. The minimum atomic E-state index is -0.377. The fourth-order valence-corrected chi connectivity index (χ4v) is 1.27. The van der Waals surface area contributed by atoms with Crippen molar-refractivity contribution in [1.82, 2.24) is 0 Å². The molecule has 15 heavy (non-hydrogen) atoms. The maximum absolute atomic E-state index is 10.7. The van der Waals surface area contributed by atoms with Crippen LogP contribution in [0.5, 0.6) is 0 Å². The first kappa shape index (κ1) is 11.5. The normalized spacial score (nSPS) is 10.0. The van der Waals surface area contributed by atoms with E-state index >= 15 is 0 Å². The molecular weight excluding hydrogens is 194 g/mol. The molecule has 0 aromatic heterocycles. The molecule has 0 saturated heterocycles.